The molecule has 0 spiro atoms. The number of halogens is 1. The second-order valence-electron chi connectivity index (χ2n) is 3.63. The summed E-state index contributed by atoms with van der Waals surface area (Å²) < 4.78 is 5.80. The number of nitrogens with two attached hydrogens (primary N) is 1. The lowest BCUT2D eigenvalue weighted by Crippen LogP contribution is -2.20. The molecule has 4 nitrogen and oxygen atoms in total. The minimum absolute atomic E-state index is 0.185. The van der Waals surface area contributed by atoms with Crippen molar-refractivity contribution >= 4 is 44.9 Å². The predicted molar refractivity (Wildman–Crippen MR) is 75.3 cm³/mol. The van der Waals surface area contributed by atoms with Gasteiger partial charge >= 0.3 is 6.09 Å². The summed E-state index contributed by atoms with van der Waals surface area (Å²) in [4.78, 5) is 11.7. The lowest BCUT2D eigenvalue weighted by molar-refractivity contribution is 0.130. The van der Waals surface area contributed by atoms with Gasteiger partial charge in [0.1, 0.15) is 4.99 Å². The van der Waals surface area contributed by atoms with E-state index in [0.29, 0.717) is 11.3 Å². The number of benzene rings is 1. The molecule has 1 amide bonds. The summed E-state index contributed by atoms with van der Waals surface area (Å²) in [5.74, 6) is 0. The fourth-order valence-corrected chi connectivity index (χ4v) is 1.73. The molecular formula is C11H13BrN2O2S. The average molecular weight is 317 g/mol. The zero-order valence-corrected chi connectivity index (χ0v) is 11.9. The molecule has 0 aliphatic heterocycles. The van der Waals surface area contributed by atoms with E-state index < -0.39 is 6.09 Å². The molecule has 1 aromatic carbocycles. The van der Waals surface area contributed by atoms with E-state index in [9.17, 15) is 4.79 Å². The normalized spacial score (nSPS) is 10.1. The van der Waals surface area contributed by atoms with Crippen molar-refractivity contribution in [1.82, 2.24) is 0 Å². The Labute approximate surface area is 114 Å². The number of amides is 1. The first-order valence-electron chi connectivity index (χ1n) is 4.97. The number of hydrogen-bond donors (Lipinski definition) is 2. The number of ether oxygens (including phenoxy) is 1. The van der Waals surface area contributed by atoms with Crippen LogP contribution in [0.5, 0.6) is 0 Å². The minimum Gasteiger partial charge on any atom is -0.447 e. The van der Waals surface area contributed by atoms with Crippen molar-refractivity contribution in [3.8, 4) is 0 Å². The maximum atomic E-state index is 11.5. The molecule has 1 aromatic rings. The zero-order chi connectivity index (χ0) is 13.0. The van der Waals surface area contributed by atoms with Gasteiger partial charge in [0.25, 0.3) is 0 Å². The van der Waals surface area contributed by atoms with Gasteiger partial charge in [-0.2, -0.15) is 0 Å². The van der Waals surface area contributed by atoms with Gasteiger partial charge in [-0.25, -0.2) is 4.79 Å². The van der Waals surface area contributed by atoms with E-state index >= 15 is 0 Å². The molecule has 0 aliphatic carbocycles. The van der Waals surface area contributed by atoms with Gasteiger partial charge in [0.05, 0.1) is 11.8 Å². The van der Waals surface area contributed by atoms with Crippen LogP contribution in [0, 0.1) is 0 Å². The standard InChI is InChI=1S/C11H13BrN2O2S/c1-6(2)16-11(15)14-9-5-7(12)3-4-8(9)10(13)17/h3-6H,1-2H3,(H2,13,17)(H,14,15). The summed E-state index contributed by atoms with van der Waals surface area (Å²) in [6.07, 6.45) is -0.717. The fraction of sp³-hybridized carbons (Fsp3) is 0.273. The van der Waals surface area contributed by atoms with Crippen molar-refractivity contribution in [1.29, 1.82) is 0 Å². The minimum atomic E-state index is -0.532. The Kier molecular flexibility index (Phi) is 4.89. The Morgan fingerprint density at radius 1 is 1.53 bits per heavy atom. The maximum Gasteiger partial charge on any atom is 0.411 e. The Hall–Kier alpha value is -1.14. The van der Waals surface area contributed by atoms with Crippen molar-refractivity contribution in [3.05, 3.63) is 28.2 Å². The molecule has 0 unspecified atom stereocenters. The maximum absolute atomic E-state index is 11.5. The van der Waals surface area contributed by atoms with Gasteiger partial charge in [0.15, 0.2) is 0 Å². The summed E-state index contributed by atoms with van der Waals surface area (Å²) in [6.45, 7) is 3.55. The van der Waals surface area contributed by atoms with Crippen LogP contribution in [0.25, 0.3) is 0 Å². The molecule has 0 aliphatic rings. The number of carbonyl (C=O) groups is 1. The molecule has 0 fully saturated rings. The zero-order valence-electron chi connectivity index (χ0n) is 9.49. The molecule has 92 valence electrons. The Bertz CT molecular complexity index is 449. The van der Waals surface area contributed by atoms with E-state index in [1.807, 2.05) is 0 Å². The van der Waals surface area contributed by atoms with Crippen LogP contribution in [-0.2, 0) is 4.74 Å². The first-order valence-corrected chi connectivity index (χ1v) is 6.17. The van der Waals surface area contributed by atoms with E-state index in [-0.39, 0.29) is 11.1 Å². The molecule has 0 radical (unpaired) electrons. The molecule has 1 rings (SSSR count). The van der Waals surface area contributed by atoms with Gasteiger partial charge in [-0.05, 0) is 32.0 Å². The Morgan fingerprint density at radius 3 is 2.71 bits per heavy atom. The molecule has 0 bridgehead atoms. The lowest BCUT2D eigenvalue weighted by atomic mass is 10.2. The highest BCUT2D eigenvalue weighted by molar-refractivity contribution is 9.10. The van der Waals surface area contributed by atoms with E-state index in [0.717, 1.165) is 4.47 Å². The van der Waals surface area contributed by atoms with Crippen molar-refractivity contribution in [2.45, 2.75) is 20.0 Å². The van der Waals surface area contributed by atoms with Crippen LogP contribution in [0.4, 0.5) is 10.5 Å². The Balaban J connectivity index is 2.92. The SMILES string of the molecule is CC(C)OC(=O)Nc1cc(Br)ccc1C(N)=S. The fourth-order valence-electron chi connectivity index (χ4n) is 1.19. The summed E-state index contributed by atoms with van der Waals surface area (Å²) in [5, 5.41) is 2.61. The largest absolute Gasteiger partial charge is 0.447 e. The predicted octanol–water partition coefficient (Wildman–Crippen LogP) is 3.04. The van der Waals surface area contributed by atoms with Crippen LogP contribution in [0.15, 0.2) is 22.7 Å². The highest BCUT2D eigenvalue weighted by atomic mass is 79.9. The number of carbonyl (C=O) groups excluding carboxylic acids is 1. The monoisotopic (exact) mass is 316 g/mol. The van der Waals surface area contributed by atoms with E-state index in [2.05, 4.69) is 21.2 Å². The molecule has 0 atom stereocenters. The van der Waals surface area contributed by atoms with Crippen LogP contribution in [0.3, 0.4) is 0 Å². The van der Waals surface area contributed by atoms with Crippen LogP contribution in [-0.4, -0.2) is 17.2 Å². The van der Waals surface area contributed by atoms with Crippen molar-refractivity contribution in [2.75, 3.05) is 5.32 Å². The topological polar surface area (TPSA) is 64.3 Å². The molecule has 17 heavy (non-hydrogen) atoms. The van der Waals surface area contributed by atoms with Gasteiger partial charge in [-0.1, -0.05) is 28.1 Å². The third-order valence-corrected chi connectivity index (χ3v) is 2.54. The van der Waals surface area contributed by atoms with E-state index in [1.165, 1.54) is 0 Å². The first kappa shape index (κ1) is 13.9. The Morgan fingerprint density at radius 2 is 2.18 bits per heavy atom. The van der Waals surface area contributed by atoms with E-state index in [4.69, 9.17) is 22.7 Å². The first-order chi connectivity index (χ1) is 7.90. The van der Waals surface area contributed by atoms with Crippen LogP contribution >= 0.6 is 28.1 Å². The van der Waals surface area contributed by atoms with Crippen molar-refractivity contribution in [3.63, 3.8) is 0 Å². The molecule has 0 aromatic heterocycles. The highest BCUT2D eigenvalue weighted by Gasteiger charge is 2.11. The van der Waals surface area contributed by atoms with Crippen LogP contribution in [0.1, 0.15) is 19.4 Å². The summed E-state index contributed by atoms with van der Waals surface area (Å²) in [6, 6.07) is 5.25. The van der Waals surface area contributed by atoms with Gasteiger partial charge in [-0.3, -0.25) is 5.32 Å². The van der Waals surface area contributed by atoms with Gasteiger partial charge in [0.2, 0.25) is 0 Å². The third kappa shape index (κ3) is 4.32. The lowest BCUT2D eigenvalue weighted by Gasteiger charge is -2.12. The van der Waals surface area contributed by atoms with Gasteiger partial charge in [-0.15, -0.1) is 0 Å². The molecule has 0 saturated carbocycles. The van der Waals surface area contributed by atoms with Crippen LogP contribution < -0.4 is 11.1 Å². The second kappa shape index (κ2) is 5.97. The smallest absolute Gasteiger partial charge is 0.411 e. The van der Waals surface area contributed by atoms with Crippen LogP contribution in [0.2, 0.25) is 0 Å². The van der Waals surface area contributed by atoms with E-state index in [1.54, 1.807) is 32.0 Å². The molecule has 6 heteroatoms. The summed E-state index contributed by atoms with van der Waals surface area (Å²) in [5.41, 5.74) is 6.69. The van der Waals surface area contributed by atoms with Gasteiger partial charge in [0, 0.05) is 10.0 Å². The summed E-state index contributed by atoms with van der Waals surface area (Å²) >= 11 is 8.21. The van der Waals surface area contributed by atoms with Gasteiger partial charge < -0.3 is 10.5 Å². The number of hydrogen-bond acceptors (Lipinski definition) is 3. The quantitative estimate of drug-likeness (QED) is 0.841. The molecule has 0 heterocycles. The number of rotatable bonds is 3. The molecule has 3 N–H and O–H groups in total. The molecule has 0 saturated heterocycles. The molecular weight excluding hydrogens is 304 g/mol. The average Bonchev–Trinajstić information content (AvgIpc) is 2.15. The third-order valence-electron chi connectivity index (χ3n) is 1.83. The second-order valence-corrected chi connectivity index (χ2v) is 4.99. The van der Waals surface area contributed by atoms with Crippen molar-refractivity contribution < 1.29 is 9.53 Å². The highest BCUT2D eigenvalue weighted by Crippen LogP contribution is 2.21. The number of nitrogens with one attached hydrogen (secondary N) is 1. The van der Waals surface area contributed by atoms with Crippen molar-refractivity contribution in [2.24, 2.45) is 5.73 Å². The number of thiocarbonyl (C=S) groups is 1. The summed E-state index contributed by atoms with van der Waals surface area (Å²) in [7, 11) is 0. The number of anilines is 1.